The Morgan fingerprint density at radius 2 is 0.608 bits per heavy atom. The van der Waals surface area contributed by atoms with Gasteiger partial charge in [-0.15, -0.1) is 34.0 Å². The molecule has 0 amide bonds. The molecule has 2 aliphatic carbocycles. The molecule has 0 fully saturated rings. The summed E-state index contributed by atoms with van der Waals surface area (Å²) in [5, 5.41) is 18.3. The fraction of sp³-hybridized carbons (Fsp3) is 0.122. The molecule has 0 spiro atoms. The van der Waals surface area contributed by atoms with Crippen molar-refractivity contribution >= 4 is 182 Å². The molecule has 2 aliphatic rings. The predicted molar refractivity (Wildman–Crippen MR) is 565 cm³/mol. The van der Waals surface area contributed by atoms with Crippen LogP contribution in [0.4, 0.5) is 0 Å². The maximum absolute atomic E-state index is 5.78. The standard InChI is InChI=1S/2C16H16.C13H11N.3C13H10O.3C13H10S/c1-11-7-6-10-14-15(11)12-8-4-5-9-13(12)16(14,2)3;1-11-8-9-15-13(10-11)12-6-4-5-7-14(12)16(15,2)3;1-14-12-8-4-2-6-10(12)11-7-3-5-9-13(11)14;1-9-5-4-7-11-10-6-2-3-8-12(10)14-13(9)11;1-9-5-4-8-12-13(9)10-6-2-3-7-11(10)14-12;1-9-6-7-13-11(8-9)10-4-2-3-5-12(10)14-13;1-9-5-4-7-11-10-6-2-3-8-12(10)14-13(9)11;1-9-5-4-8-12-13(9)10-6-2-3-7-11(10)14-12;1-9-6-7-13-11(8-9)10-4-2-3-5-12(10)14-13/h2*4-10H,1-3H3;2-9H,1H3;6*2-8H,1H3. The van der Waals surface area contributed by atoms with E-state index in [0.29, 0.717) is 0 Å². The number of furan rings is 3. The molecule has 636 valence electrons. The second-order valence-electron chi connectivity index (χ2n) is 35.4. The Balaban J connectivity index is 0.0000000948. The zero-order chi connectivity index (χ0) is 89.5. The zero-order valence-electron chi connectivity index (χ0n) is 75.8. The Kier molecular flexibility index (Phi) is 23.7. The Bertz CT molecular complexity index is 8070. The van der Waals surface area contributed by atoms with E-state index >= 15 is 0 Å². The number of benzene rings is 18. The Morgan fingerprint density at radius 1 is 0.223 bits per heavy atom. The molecule has 0 aliphatic heterocycles. The normalized spacial score (nSPS) is 12.3. The van der Waals surface area contributed by atoms with Gasteiger partial charge >= 0.3 is 0 Å². The van der Waals surface area contributed by atoms with E-state index in [-0.39, 0.29) is 10.8 Å². The van der Waals surface area contributed by atoms with Gasteiger partial charge < -0.3 is 17.8 Å². The third-order valence-electron chi connectivity index (χ3n) is 25.9. The van der Waals surface area contributed by atoms with E-state index in [9.17, 15) is 0 Å². The molecule has 0 saturated carbocycles. The van der Waals surface area contributed by atoms with Crippen molar-refractivity contribution < 1.29 is 13.3 Å². The summed E-state index contributed by atoms with van der Waals surface area (Å²) < 4.78 is 27.8. The topological polar surface area (TPSA) is 44.4 Å². The van der Waals surface area contributed by atoms with E-state index < -0.39 is 0 Å². The number of para-hydroxylation sites is 6. The van der Waals surface area contributed by atoms with Gasteiger partial charge in [0.15, 0.2) is 0 Å². The van der Waals surface area contributed by atoms with Crippen molar-refractivity contribution in [2.45, 2.75) is 93.9 Å². The van der Waals surface area contributed by atoms with Gasteiger partial charge in [-0.1, -0.05) is 348 Å². The van der Waals surface area contributed by atoms with Gasteiger partial charge in [0.05, 0.1) is 0 Å². The number of thiophene rings is 3. The summed E-state index contributed by atoms with van der Waals surface area (Å²) in [5.41, 5.74) is 30.8. The van der Waals surface area contributed by atoms with Crippen LogP contribution in [-0.2, 0) is 17.9 Å². The first-order valence-corrected chi connectivity index (χ1v) is 47.3. The molecule has 7 heterocycles. The van der Waals surface area contributed by atoms with Crippen molar-refractivity contribution in [3.05, 3.63) is 455 Å². The average molecular weight is 1740 g/mol. The van der Waals surface area contributed by atoms with E-state index in [1.165, 1.54) is 204 Å². The molecule has 0 N–H and O–H groups in total. The van der Waals surface area contributed by atoms with Crippen LogP contribution in [0.25, 0.3) is 170 Å². The van der Waals surface area contributed by atoms with Gasteiger partial charge in [-0.2, -0.15) is 0 Å². The molecular weight excluding hydrogens is 1640 g/mol. The third-order valence-corrected chi connectivity index (χ3v) is 29.5. The van der Waals surface area contributed by atoms with Gasteiger partial charge in [-0.05, 0) is 213 Å². The number of hydrogen-bond donors (Lipinski definition) is 0. The minimum Gasteiger partial charge on any atom is -0.456 e. The molecule has 0 saturated heterocycles. The van der Waals surface area contributed by atoms with Crippen molar-refractivity contribution in [1.29, 1.82) is 0 Å². The van der Waals surface area contributed by atoms with Crippen molar-refractivity contribution in [2.24, 2.45) is 7.05 Å². The van der Waals surface area contributed by atoms with E-state index in [1.807, 2.05) is 107 Å². The van der Waals surface area contributed by atoms with Crippen LogP contribution < -0.4 is 0 Å². The molecule has 7 aromatic heterocycles. The molecule has 4 nitrogen and oxygen atoms in total. The molecule has 0 unspecified atom stereocenters. The van der Waals surface area contributed by atoms with Gasteiger partial charge in [0.25, 0.3) is 0 Å². The molecule has 0 radical (unpaired) electrons. The lowest BCUT2D eigenvalue weighted by molar-refractivity contribution is 0.660. The summed E-state index contributed by atoms with van der Waals surface area (Å²) >= 11 is 5.63. The number of hydrogen-bond acceptors (Lipinski definition) is 6. The maximum atomic E-state index is 5.78. The number of aryl methyl sites for hydroxylation is 9. The molecule has 0 bridgehead atoms. The van der Waals surface area contributed by atoms with Gasteiger partial charge in [0.2, 0.25) is 0 Å². The smallest absolute Gasteiger partial charge is 0.138 e. The average Bonchev–Trinajstić information content (AvgIpc) is 1.55. The molecule has 0 atom stereocenters. The van der Waals surface area contributed by atoms with Crippen LogP contribution in [0.1, 0.15) is 94.5 Å². The highest BCUT2D eigenvalue weighted by molar-refractivity contribution is 7.26. The predicted octanol–water partition coefficient (Wildman–Crippen LogP) is 36.7. The minimum absolute atomic E-state index is 0.151. The number of rotatable bonds is 0. The monoisotopic (exact) mass is 1740 g/mol. The van der Waals surface area contributed by atoms with E-state index in [0.717, 1.165) is 33.5 Å². The molecule has 27 rings (SSSR count). The van der Waals surface area contributed by atoms with Crippen molar-refractivity contribution in [1.82, 2.24) is 4.57 Å². The quantitative estimate of drug-likeness (QED) is 0.152. The molecule has 18 aromatic carbocycles. The number of aromatic nitrogens is 1. The Labute approximate surface area is 772 Å². The largest absolute Gasteiger partial charge is 0.456 e. The molecule has 25 aromatic rings. The van der Waals surface area contributed by atoms with Crippen LogP contribution in [0.2, 0.25) is 0 Å². The van der Waals surface area contributed by atoms with E-state index in [1.54, 1.807) is 0 Å². The first-order chi connectivity index (χ1) is 63.2. The van der Waals surface area contributed by atoms with Gasteiger partial charge in [0.1, 0.15) is 33.5 Å². The van der Waals surface area contributed by atoms with Crippen LogP contribution in [-0.4, -0.2) is 4.57 Å². The lowest BCUT2D eigenvalue weighted by Gasteiger charge is -2.21. The van der Waals surface area contributed by atoms with Crippen molar-refractivity contribution in [3.63, 3.8) is 0 Å². The number of fused-ring (bicyclic) bond motifs is 27. The van der Waals surface area contributed by atoms with E-state index in [2.05, 4.69) is 410 Å². The van der Waals surface area contributed by atoms with Gasteiger partial charge in [0, 0.05) is 133 Å². The Hall–Kier alpha value is -14.2. The minimum atomic E-state index is 0.151. The summed E-state index contributed by atoms with van der Waals surface area (Å²) in [6, 6.07) is 137. The van der Waals surface area contributed by atoms with Crippen molar-refractivity contribution in [3.8, 4) is 22.3 Å². The second-order valence-corrected chi connectivity index (χ2v) is 38.6. The zero-order valence-corrected chi connectivity index (χ0v) is 78.3. The second kappa shape index (κ2) is 36.2. The maximum Gasteiger partial charge on any atom is 0.138 e. The summed E-state index contributed by atoms with van der Waals surface area (Å²) in [6.07, 6.45) is 0. The summed E-state index contributed by atoms with van der Waals surface area (Å²) in [6.45, 7) is 26.4. The summed E-state index contributed by atoms with van der Waals surface area (Å²) in [4.78, 5) is 0. The van der Waals surface area contributed by atoms with E-state index in [4.69, 9.17) is 13.3 Å². The van der Waals surface area contributed by atoms with Crippen LogP contribution in [0.3, 0.4) is 0 Å². The lowest BCUT2D eigenvalue weighted by Crippen LogP contribution is -2.14. The Morgan fingerprint density at radius 3 is 1.29 bits per heavy atom. The third kappa shape index (κ3) is 16.4. The van der Waals surface area contributed by atoms with Crippen LogP contribution in [0, 0.1) is 55.4 Å². The van der Waals surface area contributed by atoms with Crippen LogP contribution in [0.15, 0.2) is 401 Å². The van der Waals surface area contributed by atoms with Crippen LogP contribution in [0.5, 0.6) is 0 Å². The summed E-state index contributed by atoms with van der Waals surface area (Å²) in [5.74, 6) is 0. The fourth-order valence-electron chi connectivity index (χ4n) is 19.2. The number of nitrogens with zero attached hydrogens (tertiary/aromatic N) is 1. The SMILES string of the molecule is Cc1ccc2c(c1)-c1ccccc1C2(C)C.Cc1ccc2oc3ccccc3c2c1.Cc1ccc2sc3ccccc3c2c1.Cc1cccc2c1-c1ccccc1C2(C)C.Cc1cccc2c1oc1ccccc12.Cc1cccc2c1sc1ccccc12.Cc1cccc2oc3ccccc3c12.Cc1cccc2sc3ccccc3c12.Cn1c2ccccc2c2ccccc21. The lowest BCUT2D eigenvalue weighted by atomic mass is 9.82. The molecule has 130 heavy (non-hydrogen) atoms. The fourth-order valence-corrected chi connectivity index (χ4v) is 22.7. The molecule has 7 heteroatoms. The van der Waals surface area contributed by atoms with Crippen molar-refractivity contribution in [2.75, 3.05) is 0 Å². The molecular formula is C123H103NO3S3. The van der Waals surface area contributed by atoms with Gasteiger partial charge in [-0.3, -0.25) is 0 Å². The first kappa shape index (κ1) is 85.3. The van der Waals surface area contributed by atoms with Crippen LogP contribution >= 0.6 is 34.0 Å². The van der Waals surface area contributed by atoms with Gasteiger partial charge in [-0.25, -0.2) is 0 Å². The highest BCUT2D eigenvalue weighted by Crippen LogP contribution is 2.51. The highest BCUT2D eigenvalue weighted by atomic mass is 32.1. The highest BCUT2D eigenvalue weighted by Gasteiger charge is 2.36. The summed E-state index contributed by atoms with van der Waals surface area (Å²) in [7, 11) is 2.12. The first-order valence-electron chi connectivity index (χ1n) is 44.8.